The van der Waals surface area contributed by atoms with Crippen molar-refractivity contribution in [3.63, 3.8) is 0 Å². The normalized spacial score (nSPS) is 20.3. The minimum atomic E-state index is -3.44. The molecule has 0 saturated heterocycles. The van der Waals surface area contributed by atoms with E-state index in [-0.39, 0.29) is 16.3 Å². The molecule has 2 aliphatic rings. The molecule has 1 unspecified atom stereocenters. The molecular formula is C22H21FN3O4S+. The number of nitrogens with two attached hydrogens (primary N) is 1. The summed E-state index contributed by atoms with van der Waals surface area (Å²) in [5.41, 5.74) is 9.11. The third-order valence-electron chi connectivity index (χ3n) is 5.20. The second-order valence-corrected chi connectivity index (χ2v) is 9.59. The maximum Gasteiger partial charge on any atom is 0.298 e. The Morgan fingerprint density at radius 1 is 1.23 bits per heavy atom. The molecule has 2 aliphatic heterocycles. The predicted molar refractivity (Wildman–Crippen MR) is 114 cm³/mol. The molecule has 0 amide bonds. The van der Waals surface area contributed by atoms with Crippen molar-refractivity contribution in [1.29, 1.82) is 0 Å². The lowest BCUT2D eigenvalue weighted by molar-refractivity contribution is -0.501. The predicted octanol–water partition coefficient (Wildman–Crippen LogP) is 3.29. The second-order valence-electron chi connectivity index (χ2n) is 7.58. The number of nitrogens with zero attached hydrogens (tertiary/aromatic N) is 1. The van der Waals surface area contributed by atoms with E-state index in [1.54, 1.807) is 31.3 Å². The number of nitrogens with one attached hydrogen (secondary N) is 1. The highest BCUT2D eigenvalue weighted by Gasteiger charge is 2.30. The van der Waals surface area contributed by atoms with Gasteiger partial charge in [-0.15, -0.1) is 0 Å². The second kappa shape index (κ2) is 7.66. The van der Waals surface area contributed by atoms with Crippen molar-refractivity contribution in [3.8, 4) is 5.75 Å². The van der Waals surface area contributed by atoms with Crippen LogP contribution >= 0.6 is 0 Å². The number of hydrogen-bond acceptors (Lipinski definition) is 6. The quantitative estimate of drug-likeness (QED) is 0.658. The van der Waals surface area contributed by atoms with Gasteiger partial charge in [-0.25, -0.2) is 12.8 Å². The number of rotatable bonds is 1. The number of benzene rings is 2. The number of dihydropyridines is 1. The first-order valence-electron chi connectivity index (χ1n) is 9.54. The van der Waals surface area contributed by atoms with E-state index >= 15 is 0 Å². The molecule has 0 aromatic heterocycles. The van der Waals surface area contributed by atoms with Crippen molar-refractivity contribution in [2.24, 2.45) is 5.73 Å². The summed E-state index contributed by atoms with van der Waals surface area (Å²) in [7, 11) is -3.44. The van der Waals surface area contributed by atoms with Crippen LogP contribution in [0.25, 0.3) is 5.70 Å². The molecular weight excluding hydrogens is 421 g/mol. The van der Waals surface area contributed by atoms with Crippen LogP contribution in [0, 0.1) is 10.7 Å². The van der Waals surface area contributed by atoms with Crippen molar-refractivity contribution in [2.45, 2.75) is 24.3 Å². The zero-order chi connectivity index (χ0) is 22.3. The van der Waals surface area contributed by atoms with Gasteiger partial charge in [0.25, 0.3) is 5.69 Å². The molecule has 4 rings (SSSR count). The first kappa shape index (κ1) is 20.8. The van der Waals surface area contributed by atoms with Crippen LogP contribution in [0.2, 0.25) is 0 Å². The van der Waals surface area contributed by atoms with Gasteiger partial charge in [0.05, 0.1) is 10.6 Å². The van der Waals surface area contributed by atoms with E-state index in [1.165, 1.54) is 24.5 Å². The molecule has 7 nitrogen and oxygen atoms in total. The van der Waals surface area contributed by atoms with E-state index in [1.807, 2.05) is 0 Å². The number of nitroso groups, excluding NO2 is 1. The van der Waals surface area contributed by atoms with E-state index in [0.29, 0.717) is 29.0 Å². The van der Waals surface area contributed by atoms with Crippen LogP contribution in [0.15, 0.2) is 71.1 Å². The van der Waals surface area contributed by atoms with Gasteiger partial charge in [0, 0.05) is 64.4 Å². The molecule has 3 N–H and O–H groups in total. The number of ether oxygens (including phenoxy) is 1. The standard InChI is InChI=1S/C22H21FN3O4S/c1-13-7-14-3-5-17(31(2,28)29)10-18(14)20-8-15(19(24)11-25-20)12-30-22-9-16(23)4-6-21(22)26(13)27/h3-6,8-13,25H,7,24H2,1-2H3/q+1/b15-12+. The molecule has 0 fully saturated rings. The lowest BCUT2D eigenvalue weighted by Crippen LogP contribution is -2.23. The SMILES string of the molecule is CC1Cc2ccc(S(C)(=O)=O)cc2C2=C/C(=C\Oc3cc(F)ccc3[N+]1=O)C(N)=CN2. The highest BCUT2D eigenvalue weighted by molar-refractivity contribution is 7.90. The fourth-order valence-electron chi connectivity index (χ4n) is 3.52. The fourth-order valence-corrected chi connectivity index (χ4v) is 4.17. The Labute approximate surface area is 179 Å². The summed E-state index contributed by atoms with van der Waals surface area (Å²) in [6.45, 7) is 1.74. The molecule has 31 heavy (non-hydrogen) atoms. The van der Waals surface area contributed by atoms with Gasteiger partial charge in [-0.1, -0.05) is 6.07 Å². The Balaban J connectivity index is 1.93. The minimum Gasteiger partial charge on any atom is -0.457 e. The molecule has 160 valence electrons. The van der Waals surface area contributed by atoms with Crippen molar-refractivity contribution in [3.05, 3.63) is 88.1 Å². The summed E-state index contributed by atoms with van der Waals surface area (Å²) in [5, 5.41) is 3.07. The van der Waals surface area contributed by atoms with Crippen LogP contribution in [0.4, 0.5) is 10.1 Å². The molecule has 2 aromatic carbocycles. The maximum absolute atomic E-state index is 13.8. The molecule has 0 saturated carbocycles. The first-order chi connectivity index (χ1) is 14.6. The van der Waals surface area contributed by atoms with Gasteiger partial charge < -0.3 is 15.8 Å². The van der Waals surface area contributed by atoms with Crippen molar-refractivity contribution >= 4 is 21.2 Å². The van der Waals surface area contributed by atoms with Gasteiger partial charge >= 0.3 is 0 Å². The number of fused-ring (bicyclic) bond motifs is 4. The molecule has 0 radical (unpaired) electrons. The average Bonchev–Trinajstić information content (AvgIpc) is 2.71. The summed E-state index contributed by atoms with van der Waals surface area (Å²) < 4.78 is 44.4. The van der Waals surface area contributed by atoms with E-state index in [9.17, 15) is 17.7 Å². The maximum atomic E-state index is 13.8. The Hall–Kier alpha value is -3.46. The highest BCUT2D eigenvalue weighted by atomic mass is 32.2. The topological polar surface area (TPSA) is 102 Å². The largest absolute Gasteiger partial charge is 0.457 e. The van der Waals surface area contributed by atoms with Gasteiger partial charge in [0.15, 0.2) is 9.84 Å². The molecule has 2 aromatic rings. The van der Waals surface area contributed by atoms with Gasteiger partial charge in [-0.3, -0.25) is 0 Å². The lowest BCUT2D eigenvalue weighted by atomic mass is 9.96. The molecule has 2 heterocycles. The third kappa shape index (κ3) is 4.09. The first-order valence-corrected chi connectivity index (χ1v) is 11.4. The Bertz CT molecular complexity index is 1300. The third-order valence-corrected chi connectivity index (χ3v) is 6.31. The Morgan fingerprint density at radius 3 is 2.74 bits per heavy atom. The van der Waals surface area contributed by atoms with Gasteiger partial charge in [-0.05, 0) is 29.8 Å². The molecule has 1 atom stereocenters. The summed E-state index contributed by atoms with van der Waals surface area (Å²) >= 11 is 0. The zero-order valence-electron chi connectivity index (χ0n) is 16.9. The van der Waals surface area contributed by atoms with Gasteiger partial charge in [-0.2, -0.15) is 0 Å². The summed E-state index contributed by atoms with van der Waals surface area (Å²) in [5.74, 6) is -0.460. The van der Waals surface area contributed by atoms with Gasteiger partial charge in [0.2, 0.25) is 11.8 Å². The van der Waals surface area contributed by atoms with Gasteiger partial charge in [0.1, 0.15) is 12.1 Å². The van der Waals surface area contributed by atoms with E-state index < -0.39 is 21.7 Å². The molecule has 0 spiro atoms. The summed E-state index contributed by atoms with van der Waals surface area (Å²) in [4.78, 5) is 13.2. The fraction of sp³-hybridized carbons (Fsp3) is 0.182. The van der Waals surface area contributed by atoms with Crippen LogP contribution < -0.4 is 15.8 Å². The Morgan fingerprint density at radius 2 is 2.00 bits per heavy atom. The number of halogens is 1. The van der Waals surface area contributed by atoms with Crippen LogP contribution in [0.1, 0.15) is 18.1 Å². The summed E-state index contributed by atoms with van der Waals surface area (Å²) in [6, 6.07) is 7.98. The molecule has 9 heteroatoms. The molecule has 0 aliphatic carbocycles. The van der Waals surface area contributed by atoms with E-state index in [2.05, 4.69) is 5.32 Å². The zero-order valence-corrected chi connectivity index (χ0v) is 17.7. The van der Waals surface area contributed by atoms with Crippen LogP contribution in [0.3, 0.4) is 0 Å². The lowest BCUT2D eigenvalue weighted by Gasteiger charge is -2.20. The van der Waals surface area contributed by atoms with Crippen molar-refractivity contribution < 1.29 is 22.3 Å². The highest BCUT2D eigenvalue weighted by Crippen LogP contribution is 2.33. The van der Waals surface area contributed by atoms with E-state index in [4.69, 9.17) is 10.5 Å². The monoisotopic (exact) mass is 442 g/mol. The van der Waals surface area contributed by atoms with Crippen LogP contribution in [-0.2, 0) is 16.3 Å². The smallest absolute Gasteiger partial charge is 0.298 e. The molecule has 2 bridgehead atoms. The van der Waals surface area contributed by atoms with Crippen molar-refractivity contribution in [1.82, 2.24) is 5.32 Å². The van der Waals surface area contributed by atoms with Crippen LogP contribution in [-0.4, -0.2) is 25.5 Å². The number of allylic oxidation sites excluding steroid dienone is 1. The number of sulfone groups is 1. The number of hydrogen-bond donors (Lipinski definition) is 2. The minimum absolute atomic E-state index is 0.0730. The summed E-state index contributed by atoms with van der Waals surface area (Å²) in [6.07, 6.45) is 6.09. The van der Waals surface area contributed by atoms with Crippen molar-refractivity contribution in [2.75, 3.05) is 6.26 Å². The Kier molecular flexibility index (Phi) is 5.14. The van der Waals surface area contributed by atoms with Crippen LogP contribution in [0.5, 0.6) is 5.75 Å². The average molecular weight is 442 g/mol. The van der Waals surface area contributed by atoms with E-state index in [0.717, 1.165) is 22.6 Å².